The third-order valence-corrected chi connectivity index (χ3v) is 4.53. The minimum absolute atomic E-state index is 0.0381. The average Bonchev–Trinajstić information content (AvgIpc) is 2.05. The Bertz CT molecular complexity index is 208. The first-order valence-electron chi connectivity index (χ1n) is 4.15. The molecule has 0 fully saturated rings. The molecule has 0 aliphatic heterocycles. The van der Waals surface area contributed by atoms with Crippen LogP contribution in [0.5, 0.6) is 0 Å². The molecule has 2 heteroatoms. The predicted molar refractivity (Wildman–Crippen MR) is 52.9 cm³/mol. The molecule has 0 aliphatic rings. The molecule has 1 rings (SSSR count). The summed E-state index contributed by atoms with van der Waals surface area (Å²) in [5.41, 5.74) is 0. The number of benzene rings is 1. The molecule has 1 N–H and O–H groups in total. The van der Waals surface area contributed by atoms with Crippen molar-refractivity contribution in [2.45, 2.75) is 23.9 Å². The molecule has 0 aromatic heterocycles. The maximum absolute atomic E-state index is 9.05. The van der Waals surface area contributed by atoms with Gasteiger partial charge in [-0.3, -0.25) is 0 Å². The number of rotatable bonds is 4. The van der Waals surface area contributed by atoms with E-state index in [2.05, 4.69) is 24.3 Å². The fraction of sp³-hybridized carbons (Fsp3) is 0.400. The molecule has 0 unspecified atom stereocenters. The van der Waals surface area contributed by atoms with Gasteiger partial charge in [0, 0.05) is 0 Å². The van der Waals surface area contributed by atoms with E-state index in [0.29, 0.717) is 0 Å². The topological polar surface area (TPSA) is 20.2 Å². The van der Waals surface area contributed by atoms with Crippen molar-refractivity contribution in [1.82, 2.24) is 0 Å². The van der Waals surface area contributed by atoms with E-state index in [0.717, 1.165) is 6.42 Å². The summed E-state index contributed by atoms with van der Waals surface area (Å²) in [5.74, 6) is 0. The normalized spacial score (nSPS) is 12.8. The fourth-order valence-corrected chi connectivity index (χ4v) is 3.84. The van der Waals surface area contributed by atoms with Gasteiger partial charge >= 0.3 is 83.9 Å². The van der Waals surface area contributed by atoms with Crippen LogP contribution >= 0.6 is 0 Å². The average molecular weight is 278 g/mol. The van der Waals surface area contributed by atoms with Gasteiger partial charge in [-0.15, -0.1) is 0 Å². The van der Waals surface area contributed by atoms with E-state index in [1.54, 1.807) is 0 Å². The Labute approximate surface area is 83.9 Å². The molecule has 0 bridgehead atoms. The molecular weight excluding hydrogens is 264 g/mol. The Morgan fingerprint density at radius 2 is 2.00 bits per heavy atom. The van der Waals surface area contributed by atoms with Crippen LogP contribution in [-0.4, -0.2) is 32.1 Å². The summed E-state index contributed by atoms with van der Waals surface area (Å²) < 4.78 is 2.69. The van der Waals surface area contributed by atoms with E-state index >= 15 is 0 Å². The molecule has 0 radical (unpaired) electrons. The third-order valence-electron chi connectivity index (χ3n) is 1.55. The summed E-state index contributed by atoms with van der Waals surface area (Å²) in [4.78, 5) is 0. The van der Waals surface area contributed by atoms with Gasteiger partial charge < -0.3 is 0 Å². The van der Waals surface area contributed by atoms with Crippen molar-refractivity contribution >= 4 is 24.5 Å². The Balaban J connectivity index is 2.25. The van der Waals surface area contributed by atoms with Gasteiger partial charge in [-0.2, -0.15) is 0 Å². The van der Waals surface area contributed by atoms with E-state index < -0.39 is 0 Å². The van der Waals surface area contributed by atoms with Crippen LogP contribution in [0.25, 0.3) is 0 Å². The molecule has 1 nitrogen and oxygen atoms in total. The van der Waals surface area contributed by atoms with Crippen LogP contribution in [0.3, 0.4) is 0 Å². The van der Waals surface area contributed by atoms with Gasteiger partial charge in [0.25, 0.3) is 0 Å². The van der Waals surface area contributed by atoms with Crippen molar-refractivity contribution in [2.24, 2.45) is 0 Å². The first kappa shape index (κ1) is 10.1. The van der Waals surface area contributed by atoms with Gasteiger partial charge in [-0.25, -0.2) is 0 Å². The third kappa shape index (κ3) is 4.11. The molecule has 0 heterocycles. The molecule has 1 atom stereocenters. The van der Waals surface area contributed by atoms with E-state index in [-0.39, 0.29) is 27.0 Å². The minimum atomic E-state index is -0.126. The maximum atomic E-state index is 9.05. The van der Waals surface area contributed by atoms with Gasteiger partial charge in [0.1, 0.15) is 0 Å². The van der Waals surface area contributed by atoms with Gasteiger partial charge in [0.05, 0.1) is 0 Å². The van der Waals surface area contributed by atoms with Crippen LogP contribution in [-0.2, 0) is 0 Å². The molecule has 12 heavy (non-hydrogen) atoms. The molecule has 1 aromatic carbocycles. The second-order valence-corrected chi connectivity index (χ2v) is 6.13. The van der Waals surface area contributed by atoms with Gasteiger partial charge in [0.15, 0.2) is 0 Å². The Morgan fingerprint density at radius 1 is 1.33 bits per heavy atom. The molecule has 0 spiro atoms. The molecule has 0 aliphatic carbocycles. The van der Waals surface area contributed by atoms with Crippen molar-refractivity contribution in [3.05, 3.63) is 30.3 Å². The fourth-order valence-electron chi connectivity index (χ4n) is 0.864. The number of hydrogen-bond donors (Lipinski definition) is 1. The quantitative estimate of drug-likeness (QED) is 0.821. The molecule has 66 valence electrons. The van der Waals surface area contributed by atoms with Crippen LogP contribution in [0.4, 0.5) is 0 Å². The zero-order chi connectivity index (χ0) is 8.81. The van der Waals surface area contributed by atoms with Crippen molar-refractivity contribution < 1.29 is 5.11 Å². The molecule has 0 saturated carbocycles. The van der Waals surface area contributed by atoms with Gasteiger partial charge in [0.2, 0.25) is 0 Å². The summed E-state index contributed by atoms with van der Waals surface area (Å²) >= 11 is -0.0381. The number of hydrogen-bond acceptors (Lipinski definition) is 1. The summed E-state index contributed by atoms with van der Waals surface area (Å²) in [6.45, 7) is 1.86. The van der Waals surface area contributed by atoms with Crippen LogP contribution < -0.4 is 3.61 Å². The zero-order valence-corrected chi connectivity index (χ0v) is 9.56. The zero-order valence-electron chi connectivity index (χ0n) is 7.23. The second-order valence-electron chi connectivity index (χ2n) is 2.80. The molecule has 1 aromatic rings. The molecule has 0 saturated heterocycles. The van der Waals surface area contributed by atoms with Gasteiger partial charge in [-0.05, 0) is 0 Å². The monoisotopic (exact) mass is 280 g/mol. The van der Waals surface area contributed by atoms with Crippen LogP contribution in [0, 0.1) is 0 Å². The summed E-state index contributed by atoms with van der Waals surface area (Å²) in [6, 6.07) is 10.6. The Kier molecular flexibility index (Phi) is 4.68. The predicted octanol–water partition coefficient (Wildman–Crippen LogP) is 1.21. The first-order chi connectivity index (χ1) is 5.79. The van der Waals surface area contributed by atoms with Crippen molar-refractivity contribution in [2.75, 3.05) is 0 Å². The van der Waals surface area contributed by atoms with Crippen LogP contribution in [0.2, 0.25) is 4.47 Å². The Hall–Kier alpha value is -0.0304. The number of aliphatic hydroxyl groups excluding tert-OH is 1. The van der Waals surface area contributed by atoms with Gasteiger partial charge in [-0.1, -0.05) is 0 Å². The number of aliphatic hydroxyl groups is 1. The first-order valence-corrected chi connectivity index (χ1v) is 6.96. The molecule has 0 amide bonds. The van der Waals surface area contributed by atoms with E-state index in [4.69, 9.17) is 5.11 Å². The van der Waals surface area contributed by atoms with E-state index in [1.165, 1.54) is 8.08 Å². The summed E-state index contributed by atoms with van der Waals surface area (Å²) in [5, 5.41) is 9.05. The van der Waals surface area contributed by atoms with Crippen molar-refractivity contribution in [3.63, 3.8) is 0 Å². The molecular formula is C10H14OTe. The van der Waals surface area contributed by atoms with Crippen LogP contribution in [0.1, 0.15) is 13.3 Å². The standard InChI is InChI=1S/C10H14OTe/c1-9(11)7-8-12-10-5-3-2-4-6-10/h2-6,9,11H,7-8H2,1H3/t9-/m1/s1. The van der Waals surface area contributed by atoms with E-state index in [9.17, 15) is 0 Å². The summed E-state index contributed by atoms with van der Waals surface area (Å²) in [7, 11) is 0. The SMILES string of the molecule is C[C@@H](O)CC[Te]c1ccccc1. The van der Waals surface area contributed by atoms with Crippen molar-refractivity contribution in [3.8, 4) is 0 Å². The van der Waals surface area contributed by atoms with Crippen molar-refractivity contribution in [1.29, 1.82) is 0 Å². The Morgan fingerprint density at radius 3 is 2.58 bits per heavy atom. The van der Waals surface area contributed by atoms with E-state index in [1.807, 2.05) is 13.0 Å². The summed E-state index contributed by atoms with van der Waals surface area (Å²) in [6.07, 6.45) is 0.829. The van der Waals surface area contributed by atoms with Crippen LogP contribution in [0.15, 0.2) is 30.3 Å². The second kappa shape index (κ2) is 5.59.